The minimum atomic E-state index is -0.790. The summed E-state index contributed by atoms with van der Waals surface area (Å²) in [5, 5.41) is 4.61. The van der Waals surface area contributed by atoms with E-state index in [4.69, 9.17) is 11.6 Å². The molecule has 5 rings (SSSR count). The molecule has 11 nitrogen and oxygen atoms in total. The average Bonchev–Trinajstić information content (AvgIpc) is 3.60. The molecule has 11 heteroatoms. The van der Waals surface area contributed by atoms with Crippen molar-refractivity contribution in [3.05, 3.63) is 65.9 Å². The number of nitrogens with one attached hydrogen (secondary N) is 1. The number of amides is 2. The molecular formula is C24H23N7O4. The van der Waals surface area contributed by atoms with Gasteiger partial charge in [-0.1, -0.05) is 18.1 Å². The van der Waals surface area contributed by atoms with Gasteiger partial charge in [0, 0.05) is 37.9 Å². The van der Waals surface area contributed by atoms with Gasteiger partial charge in [0.25, 0.3) is 17.6 Å². The number of aryl methyl sites for hydroxylation is 1. The number of carbonyl (C=O) groups is 3. The number of H-pyrrole nitrogens is 1. The van der Waals surface area contributed by atoms with Gasteiger partial charge in [-0.2, -0.15) is 5.10 Å². The van der Waals surface area contributed by atoms with Crippen LogP contribution in [0.25, 0.3) is 16.7 Å². The highest BCUT2D eigenvalue weighted by Crippen LogP contribution is 2.31. The van der Waals surface area contributed by atoms with Gasteiger partial charge in [-0.15, -0.1) is 0 Å². The number of rotatable bonds is 5. The number of hydrogen-bond acceptors (Lipinski definition) is 7. The van der Waals surface area contributed by atoms with E-state index >= 15 is 0 Å². The Bertz CT molecular complexity index is 1670. The van der Waals surface area contributed by atoms with Crippen LogP contribution in [-0.4, -0.2) is 85.4 Å². The van der Waals surface area contributed by atoms with E-state index in [-0.39, 0.29) is 37.5 Å². The van der Waals surface area contributed by atoms with Gasteiger partial charge >= 0.3 is 0 Å². The second-order valence-electron chi connectivity index (χ2n) is 7.75. The van der Waals surface area contributed by atoms with Crippen molar-refractivity contribution in [2.45, 2.75) is 6.92 Å². The Hall–Kier alpha value is -4.54. The third kappa shape index (κ3) is 4.01. The Morgan fingerprint density at radius 3 is 2.43 bits per heavy atom. The van der Waals surface area contributed by atoms with Gasteiger partial charge in [0.2, 0.25) is 0 Å². The Labute approximate surface area is 207 Å². The first-order valence-electron chi connectivity index (χ1n) is 13.2. The number of aromatic nitrogens is 5. The van der Waals surface area contributed by atoms with Crippen LogP contribution in [0.2, 0.25) is 0 Å². The molecule has 0 bridgehead atoms. The number of Topliss-reactive ketones (excluding diaryl/α,β-unsaturated/α-hetero) is 1. The summed E-state index contributed by atoms with van der Waals surface area (Å²) in [6.07, 6.45) is 4.30. The molecule has 1 saturated heterocycles. The van der Waals surface area contributed by atoms with E-state index in [2.05, 4.69) is 20.1 Å². The summed E-state index contributed by atoms with van der Waals surface area (Å²) in [4.78, 5) is 53.7. The molecular weight excluding hydrogens is 450 g/mol. The fourth-order valence-corrected chi connectivity index (χ4v) is 3.95. The highest BCUT2D eigenvalue weighted by Gasteiger charge is 2.31. The Kier molecular flexibility index (Phi) is 4.37. The number of pyridine rings is 1. The summed E-state index contributed by atoms with van der Waals surface area (Å²) in [5.74, 6) is -1.15. The Morgan fingerprint density at radius 2 is 1.77 bits per heavy atom. The monoisotopic (exact) mass is 478 g/mol. The zero-order valence-corrected chi connectivity index (χ0v) is 18.9. The van der Waals surface area contributed by atoms with Crippen LogP contribution in [0, 0.1) is 6.92 Å². The van der Waals surface area contributed by atoms with E-state index in [1.165, 1.54) is 40.3 Å². The number of fused-ring (bicyclic) bond motifs is 1. The molecule has 4 aromatic rings. The van der Waals surface area contributed by atoms with E-state index in [9.17, 15) is 14.4 Å². The summed E-state index contributed by atoms with van der Waals surface area (Å²) in [6.45, 7) is 1.77. The van der Waals surface area contributed by atoms with Crippen LogP contribution < -0.4 is 4.74 Å². The molecule has 2 amide bonds. The van der Waals surface area contributed by atoms with Crippen molar-refractivity contribution in [3.8, 4) is 11.6 Å². The fraction of sp³-hybridized carbons (Fsp3) is 0.250. The number of aromatic amines is 1. The molecule has 0 spiro atoms. The summed E-state index contributed by atoms with van der Waals surface area (Å²) in [7, 11) is 1.42. The maximum absolute atomic E-state index is 13.4. The van der Waals surface area contributed by atoms with Crippen molar-refractivity contribution in [1.82, 2.24) is 34.5 Å². The van der Waals surface area contributed by atoms with Crippen molar-refractivity contribution in [2.75, 3.05) is 33.3 Å². The van der Waals surface area contributed by atoms with Gasteiger partial charge in [0.15, 0.2) is 5.82 Å². The zero-order valence-electron chi connectivity index (χ0n) is 23.9. The molecule has 4 heterocycles. The number of carbonyl (C=O) groups excluding carboxylic acids is 3. The highest BCUT2D eigenvalue weighted by molar-refractivity contribution is 6.45. The van der Waals surface area contributed by atoms with Crippen LogP contribution in [-0.2, 0) is 4.79 Å². The normalized spacial score (nSPS) is 15.8. The molecule has 1 aliphatic rings. The first-order valence-corrected chi connectivity index (χ1v) is 10.7. The molecule has 35 heavy (non-hydrogen) atoms. The highest BCUT2D eigenvalue weighted by atomic mass is 16.5. The topological polar surface area (TPSA) is 126 Å². The maximum Gasteiger partial charge on any atom is 0.295 e. The second-order valence-corrected chi connectivity index (χ2v) is 7.75. The molecule has 0 aliphatic carbocycles. The predicted molar refractivity (Wildman–Crippen MR) is 126 cm³/mol. The van der Waals surface area contributed by atoms with E-state index in [1.54, 1.807) is 6.92 Å². The molecule has 3 aromatic heterocycles. The van der Waals surface area contributed by atoms with Crippen molar-refractivity contribution in [3.63, 3.8) is 0 Å². The predicted octanol–water partition coefficient (Wildman–Crippen LogP) is 1.63. The molecule has 1 fully saturated rings. The number of ketones is 1. The van der Waals surface area contributed by atoms with E-state index in [0.29, 0.717) is 22.5 Å². The van der Waals surface area contributed by atoms with Gasteiger partial charge in [0.05, 0.1) is 36.6 Å². The van der Waals surface area contributed by atoms with Gasteiger partial charge in [0.1, 0.15) is 17.9 Å². The van der Waals surface area contributed by atoms with E-state index in [0.717, 1.165) is 0 Å². The van der Waals surface area contributed by atoms with Gasteiger partial charge in [-0.3, -0.25) is 14.4 Å². The number of nitrogens with zero attached hydrogens (tertiary/aromatic N) is 6. The van der Waals surface area contributed by atoms with Crippen LogP contribution >= 0.6 is 0 Å². The molecule has 1 aromatic carbocycles. The maximum atomic E-state index is 13.4. The van der Waals surface area contributed by atoms with E-state index in [1.807, 2.05) is 0 Å². The smallest absolute Gasteiger partial charge is 0.295 e. The Morgan fingerprint density at radius 1 is 1.06 bits per heavy atom. The number of piperazine rings is 1. The average molecular weight is 479 g/mol. The number of hydrogen-bond donors (Lipinski definition) is 1. The molecule has 1 aliphatic heterocycles. The molecule has 0 radical (unpaired) electrons. The van der Waals surface area contributed by atoms with Crippen molar-refractivity contribution < 1.29 is 26.0 Å². The lowest BCUT2D eigenvalue weighted by Gasteiger charge is -2.34. The minimum absolute atomic E-state index is 0.0109. The summed E-state index contributed by atoms with van der Waals surface area (Å²) < 4.78 is 46.2. The van der Waals surface area contributed by atoms with Gasteiger partial charge in [-0.25, -0.2) is 14.6 Å². The quantitative estimate of drug-likeness (QED) is 0.341. The van der Waals surface area contributed by atoms with Crippen LogP contribution in [0.15, 0.2) is 48.9 Å². The van der Waals surface area contributed by atoms with E-state index < -0.39 is 53.4 Å². The van der Waals surface area contributed by atoms with Crippen LogP contribution in [0.4, 0.5) is 0 Å². The van der Waals surface area contributed by atoms with Crippen LogP contribution in [0.3, 0.4) is 0 Å². The molecule has 0 unspecified atom stereocenters. The van der Waals surface area contributed by atoms with Gasteiger partial charge < -0.3 is 19.5 Å². The van der Waals surface area contributed by atoms with Gasteiger partial charge in [-0.05, 0) is 19.0 Å². The van der Waals surface area contributed by atoms with Crippen LogP contribution in [0.5, 0.6) is 5.75 Å². The third-order valence-corrected chi connectivity index (χ3v) is 5.70. The lowest BCUT2D eigenvalue weighted by molar-refractivity contribution is -0.127. The number of methoxy groups -OCH3 is 1. The first-order chi connectivity index (χ1) is 19.0. The second kappa shape index (κ2) is 9.01. The molecule has 0 saturated carbocycles. The lowest BCUT2D eigenvalue weighted by atomic mass is 10.1. The standard InChI is InChI=1S/C24H23N7O4/c1-15-27-14-31(28-15)22-20-19(18(35-2)13-26-22)17(12-25-20)21(32)24(34)30-10-8-29(9-11-30)23(33)16-6-4-3-5-7-16/h3-7,12-14,25H,8-11H2,1-2H3/i3D,4D,5D,6D,7D. The van der Waals surface area contributed by atoms with Crippen LogP contribution in [0.1, 0.15) is 33.4 Å². The SMILES string of the molecule is [2H]c1c([2H])c([2H])c(C(=O)N2CCN(C(=O)C(=O)c3c[nH]c4c(-n5cnc(C)n5)ncc(OC)c34)CC2)c([2H])c1[2H]. The Balaban J connectivity index is 1.36. The first kappa shape index (κ1) is 17.0. The third-order valence-electron chi connectivity index (χ3n) is 5.70. The molecule has 0 atom stereocenters. The van der Waals surface area contributed by atoms with Crippen molar-refractivity contribution >= 4 is 28.5 Å². The zero-order chi connectivity index (χ0) is 28.9. The fourth-order valence-electron chi connectivity index (χ4n) is 3.95. The number of benzene rings is 1. The number of ether oxygens (including phenoxy) is 1. The molecule has 1 N–H and O–H groups in total. The summed E-state index contributed by atoms with van der Waals surface area (Å²) >= 11 is 0. The largest absolute Gasteiger partial charge is 0.494 e. The summed E-state index contributed by atoms with van der Waals surface area (Å²) in [5.41, 5.74) is 0.0733. The van der Waals surface area contributed by atoms with Crippen molar-refractivity contribution in [1.29, 1.82) is 0 Å². The van der Waals surface area contributed by atoms with Crippen molar-refractivity contribution in [2.24, 2.45) is 0 Å². The molecule has 178 valence electrons. The lowest BCUT2D eigenvalue weighted by Crippen LogP contribution is -2.52. The minimum Gasteiger partial charge on any atom is -0.494 e. The summed E-state index contributed by atoms with van der Waals surface area (Å²) in [6, 6.07) is -2.97.